The molecule has 1 fully saturated rings. The van der Waals surface area contributed by atoms with Crippen LogP contribution in [0.2, 0.25) is 0 Å². The molecule has 0 aliphatic heterocycles. The number of nitrogens with one attached hydrogen (secondary N) is 1. The van der Waals surface area contributed by atoms with Gasteiger partial charge in [-0.3, -0.25) is 14.5 Å². The van der Waals surface area contributed by atoms with Crippen LogP contribution in [0, 0.1) is 5.82 Å². The molecule has 180 valence electrons. The average Bonchev–Trinajstić information content (AvgIpc) is 3.34. The normalized spacial score (nSPS) is 16.1. The molecule has 1 heterocycles. The summed E-state index contributed by atoms with van der Waals surface area (Å²) in [7, 11) is 0. The maximum absolute atomic E-state index is 14.3. The Morgan fingerprint density at radius 3 is 2.71 bits per heavy atom. The lowest BCUT2D eigenvalue weighted by atomic mass is 9.93. The minimum atomic E-state index is -1.02. The monoisotopic (exact) mass is 465 g/mol. The molecule has 1 unspecified atom stereocenters. The van der Waals surface area contributed by atoms with Crippen molar-refractivity contribution in [2.75, 3.05) is 4.90 Å². The molecule has 2 aromatic rings. The first kappa shape index (κ1) is 25.1. The number of carbonyl (C=O) groups is 2. The van der Waals surface area contributed by atoms with Crippen LogP contribution < -0.4 is 10.2 Å². The molecule has 0 saturated heterocycles. The van der Waals surface area contributed by atoms with E-state index in [0.29, 0.717) is 5.57 Å². The predicted molar refractivity (Wildman–Crippen MR) is 130 cm³/mol. The number of aromatic nitrogens is 3. The van der Waals surface area contributed by atoms with Gasteiger partial charge in [-0.25, -0.2) is 14.1 Å². The Balaban J connectivity index is 2.11. The molecule has 0 radical (unpaired) electrons. The Kier molecular flexibility index (Phi) is 8.90. The maximum atomic E-state index is 14.3. The maximum Gasteiger partial charge on any atom is 0.249 e. The molecule has 34 heavy (non-hydrogen) atoms. The summed E-state index contributed by atoms with van der Waals surface area (Å²) in [5, 5.41) is 7.17. The van der Waals surface area contributed by atoms with E-state index in [2.05, 4.69) is 22.0 Å². The fourth-order valence-electron chi connectivity index (χ4n) is 4.25. The highest BCUT2D eigenvalue weighted by atomic mass is 19.1. The zero-order chi connectivity index (χ0) is 24.5. The van der Waals surface area contributed by atoms with Crippen molar-refractivity contribution in [2.45, 2.75) is 64.6 Å². The van der Waals surface area contributed by atoms with E-state index < -0.39 is 17.8 Å². The second-order valence-electron chi connectivity index (χ2n) is 8.43. The van der Waals surface area contributed by atoms with Gasteiger partial charge in [-0.15, -0.1) is 0 Å². The van der Waals surface area contributed by atoms with Crippen LogP contribution in [0.3, 0.4) is 0 Å². The highest BCUT2D eigenvalue weighted by Gasteiger charge is 2.35. The zero-order valence-electron chi connectivity index (χ0n) is 19.8. The molecule has 2 amide bonds. The van der Waals surface area contributed by atoms with Crippen molar-refractivity contribution < 1.29 is 14.0 Å². The third-order valence-corrected chi connectivity index (χ3v) is 5.98. The second kappa shape index (κ2) is 12.1. The molecule has 0 spiro atoms. The standard InChI is InChI=1S/C26H32FN5O2/c1-4-10-23(19(3)5-2)25(26(34)30-21-12-7-6-8-13-21)32(22-14-9-11-20(27)15-22)24(33)16-31-18-28-17-29-31/h4-5,9-11,14-15,17-18,21,25H,2,6-8,12-13,16H2,1,3H3,(H,30,34)/b10-4-,23-19+. The lowest BCUT2D eigenvalue weighted by Crippen LogP contribution is -2.54. The van der Waals surface area contributed by atoms with Crippen LogP contribution in [-0.2, 0) is 16.1 Å². The topological polar surface area (TPSA) is 80.1 Å². The highest BCUT2D eigenvalue weighted by molar-refractivity contribution is 6.03. The number of halogens is 1. The summed E-state index contributed by atoms with van der Waals surface area (Å²) in [6.07, 6.45) is 13.1. The van der Waals surface area contributed by atoms with E-state index in [1.165, 1.54) is 40.4 Å². The first-order valence-electron chi connectivity index (χ1n) is 11.6. The minimum absolute atomic E-state index is 0.0411. The van der Waals surface area contributed by atoms with Crippen molar-refractivity contribution >= 4 is 17.5 Å². The van der Waals surface area contributed by atoms with E-state index in [1.54, 1.807) is 18.2 Å². The van der Waals surface area contributed by atoms with E-state index in [-0.39, 0.29) is 24.2 Å². The van der Waals surface area contributed by atoms with E-state index in [9.17, 15) is 14.0 Å². The largest absolute Gasteiger partial charge is 0.351 e. The van der Waals surface area contributed by atoms with Gasteiger partial charge in [-0.2, -0.15) is 5.10 Å². The molecule has 1 aliphatic carbocycles. The van der Waals surface area contributed by atoms with Crippen molar-refractivity contribution in [3.8, 4) is 0 Å². The van der Waals surface area contributed by atoms with Crippen LogP contribution in [0.5, 0.6) is 0 Å². The summed E-state index contributed by atoms with van der Waals surface area (Å²) in [6, 6.07) is 4.73. The van der Waals surface area contributed by atoms with E-state index in [1.807, 2.05) is 19.9 Å². The summed E-state index contributed by atoms with van der Waals surface area (Å²) >= 11 is 0. The molecule has 1 atom stereocenters. The summed E-state index contributed by atoms with van der Waals surface area (Å²) in [4.78, 5) is 32.7. The average molecular weight is 466 g/mol. The minimum Gasteiger partial charge on any atom is -0.351 e. The number of hydrogen-bond acceptors (Lipinski definition) is 4. The van der Waals surface area contributed by atoms with Crippen LogP contribution in [0.1, 0.15) is 46.0 Å². The summed E-state index contributed by atoms with van der Waals surface area (Å²) < 4.78 is 15.7. The predicted octanol–water partition coefficient (Wildman–Crippen LogP) is 4.35. The van der Waals surface area contributed by atoms with Gasteiger partial charge in [0, 0.05) is 11.7 Å². The number of rotatable bonds is 9. The van der Waals surface area contributed by atoms with Gasteiger partial charge >= 0.3 is 0 Å². The van der Waals surface area contributed by atoms with Crippen molar-refractivity contribution in [3.63, 3.8) is 0 Å². The van der Waals surface area contributed by atoms with Gasteiger partial charge in [-0.05, 0) is 56.0 Å². The fourth-order valence-corrected chi connectivity index (χ4v) is 4.25. The van der Waals surface area contributed by atoms with Gasteiger partial charge in [-0.1, -0.05) is 50.1 Å². The Labute approximate surface area is 200 Å². The van der Waals surface area contributed by atoms with Crippen molar-refractivity contribution in [3.05, 3.63) is 78.7 Å². The molecule has 1 aromatic carbocycles. The van der Waals surface area contributed by atoms with Crippen LogP contribution in [0.4, 0.5) is 10.1 Å². The Morgan fingerprint density at radius 1 is 1.32 bits per heavy atom. The molecule has 0 bridgehead atoms. The number of benzene rings is 1. The molecule has 1 aliphatic rings. The molecule has 3 rings (SSSR count). The Hall–Kier alpha value is -3.55. The van der Waals surface area contributed by atoms with Crippen LogP contribution in [-0.4, -0.2) is 38.7 Å². The zero-order valence-corrected chi connectivity index (χ0v) is 19.8. The van der Waals surface area contributed by atoms with Crippen molar-refractivity contribution in [1.29, 1.82) is 0 Å². The van der Waals surface area contributed by atoms with Crippen LogP contribution >= 0.6 is 0 Å². The van der Waals surface area contributed by atoms with Crippen molar-refractivity contribution in [1.82, 2.24) is 20.1 Å². The number of allylic oxidation sites excluding steroid dienone is 3. The van der Waals surface area contributed by atoms with Gasteiger partial charge in [0.15, 0.2) is 0 Å². The molecule has 1 aromatic heterocycles. The highest BCUT2D eigenvalue weighted by Crippen LogP contribution is 2.27. The quantitative estimate of drug-likeness (QED) is 0.559. The van der Waals surface area contributed by atoms with Gasteiger partial charge in [0.05, 0.1) is 0 Å². The number of hydrogen-bond donors (Lipinski definition) is 1. The van der Waals surface area contributed by atoms with E-state index in [0.717, 1.165) is 37.7 Å². The number of anilines is 1. The van der Waals surface area contributed by atoms with Gasteiger partial charge in [0.2, 0.25) is 11.8 Å². The summed E-state index contributed by atoms with van der Waals surface area (Å²) in [6.45, 7) is 7.40. The first-order valence-corrected chi connectivity index (χ1v) is 11.6. The molecule has 1 saturated carbocycles. The van der Waals surface area contributed by atoms with E-state index in [4.69, 9.17) is 0 Å². The lowest BCUT2D eigenvalue weighted by molar-refractivity contribution is -0.126. The number of amides is 2. The second-order valence-corrected chi connectivity index (χ2v) is 8.43. The van der Waals surface area contributed by atoms with Crippen LogP contribution in [0.25, 0.3) is 0 Å². The van der Waals surface area contributed by atoms with E-state index >= 15 is 0 Å². The number of nitrogens with zero attached hydrogens (tertiary/aromatic N) is 4. The molecule has 8 heteroatoms. The molecule has 1 N–H and O–H groups in total. The molecule has 7 nitrogen and oxygen atoms in total. The summed E-state index contributed by atoms with van der Waals surface area (Å²) in [5.74, 6) is -1.23. The third-order valence-electron chi connectivity index (χ3n) is 5.98. The smallest absolute Gasteiger partial charge is 0.249 e. The Bertz CT molecular complexity index is 1050. The summed E-state index contributed by atoms with van der Waals surface area (Å²) in [5.41, 5.74) is 1.65. The fraction of sp³-hybridized carbons (Fsp3) is 0.385. The van der Waals surface area contributed by atoms with Gasteiger partial charge < -0.3 is 5.32 Å². The number of carbonyl (C=O) groups excluding carboxylic acids is 2. The van der Waals surface area contributed by atoms with Gasteiger partial charge in [0.25, 0.3) is 0 Å². The third kappa shape index (κ3) is 6.27. The van der Waals surface area contributed by atoms with Crippen molar-refractivity contribution in [2.24, 2.45) is 0 Å². The lowest BCUT2D eigenvalue weighted by Gasteiger charge is -2.34. The molecular formula is C26H32FN5O2. The van der Waals surface area contributed by atoms with Gasteiger partial charge in [0.1, 0.15) is 31.1 Å². The first-order chi connectivity index (χ1) is 16.4. The molecular weight excluding hydrogens is 433 g/mol. The SMILES string of the molecule is C=C/C(C)=C(\C=C/C)C(C(=O)NC1CCCCC1)N(C(=O)Cn1cncn1)c1cccc(F)c1. The van der Waals surface area contributed by atoms with Crippen LogP contribution in [0.15, 0.2) is 72.9 Å². The Morgan fingerprint density at radius 2 is 2.09 bits per heavy atom.